The van der Waals surface area contributed by atoms with Crippen LogP contribution in [0, 0.1) is 6.92 Å². The van der Waals surface area contributed by atoms with Gasteiger partial charge in [-0.15, -0.1) is 0 Å². The molecule has 1 atom stereocenters. The molecule has 0 aliphatic rings. The van der Waals surface area contributed by atoms with Gasteiger partial charge in [0.2, 0.25) is 0 Å². The predicted molar refractivity (Wildman–Crippen MR) is 68.1 cm³/mol. The topological polar surface area (TPSA) is 50.1 Å². The molecular formula is C13H17N3O. The van der Waals surface area contributed by atoms with E-state index in [0.717, 1.165) is 16.9 Å². The van der Waals surface area contributed by atoms with Crippen LogP contribution in [-0.4, -0.2) is 14.9 Å². The molecule has 2 N–H and O–H groups in total. The fourth-order valence-corrected chi connectivity index (χ4v) is 1.93. The summed E-state index contributed by atoms with van der Waals surface area (Å²) in [5.41, 5.74) is 3.17. The molecular weight excluding hydrogens is 214 g/mol. The van der Waals surface area contributed by atoms with Gasteiger partial charge in [-0.05, 0) is 43.7 Å². The van der Waals surface area contributed by atoms with Gasteiger partial charge in [-0.3, -0.25) is 4.68 Å². The number of aryl methyl sites for hydroxylation is 2. The van der Waals surface area contributed by atoms with Gasteiger partial charge in [-0.25, -0.2) is 0 Å². The van der Waals surface area contributed by atoms with Crippen molar-refractivity contribution in [2.75, 3.05) is 5.32 Å². The largest absolute Gasteiger partial charge is 0.508 e. The summed E-state index contributed by atoms with van der Waals surface area (Å²) in [5.74, 6) is 0.293. The first-order valence-electron chi connectivity index (χ1n) is 5.62. The Hall–Kier alpha value is -1.97. The highest BCUT2D eigenvalue weighted by Crippen LogP contribution is 2.24. The maximum Gasteiger partial charge on any atom is 0.115 e. The van der Waals surface area contributed by atoms with Crippen LogP contribution in [0.3, 0.4) is 0 Å². The first kappa shape index (κ1) is 11.5. The maximum atomic E-state index is 9.36. The molecule has 90 valence electrons. The number of hydrogen-bond acceptors (Lipinski definition) is 3. The molecule has 4 heteroatoms. The van der Waals surface area contributed by atoms with Crippen molar-refractivity contribution in [2.24, 2.45) is 7.05 Å². The molecule has 0 aliphatic carbocycles. The van der Waals surface area contributed by atoms with Crippen molar-refractivity contribution < 1.29 is 5.11 Å². The van der Waals surface area contributed by atoms with E-state index in [9.17, 15) is 5.11 Å². The van der Waals surface area contributed by atoms with Crippen molar-refractivity contribution in [3.05, 3.63) is 41.7 Å². The molecule has 4 nitrogen and oxygen atoms in total. The highest BCUT2D eigenvalue weighted by molar-refractivity contribution is 5.54. The highest BCUT2D eigenvalue weighted by Gasteiger charge is 2.10. The van der Waals surface area contributed by atoms with Crippen molar-refractivity contribution in [3.63, 3.8) is 0 Å². The van der Waals surface area contributed by atoms with Crippen molar-refractivity contribution in [2.45, 2.75) is 19.9 Å². The molecule has 1 unspecified atom stereocenters. The van der Waals surface area contributed by atoms with Gasteiger partial charge in [0, 0.05) is 18.9 Å². The molecule has 1 aromatic heterocycles. The number of aromatic hydroxyl groups is 1. The van der Waals surface area contributed by atoms with Crippen LogP contribution < -0.4 is 5.32 Å². The van der Waals surface area contributed by atoms with E-state index >= 15 is 0 Å². The summed E-state index contributed by atoms with van der Waals surface area (Å²) in [6, 6.07) is 7.49. The zero-order valence-corrected chi connectivity index (χ0v) is 10.3. The van der Waals surface area contributed by atoms with E-state index in [1.165, 1.54) is 0 Å². The van der Waals surface area contributed by atoms with E-state index in [-0.39, 0.29) is 6.04 Å². The Kier molecular flexibility index (Phi) is 3.04. The van der Waals surface area contributed by atoms with Crippen molar-refractivity contribution in [3.8, 4) is 5.75 Å². The van der Waals surface area contributed by atoms with Crippen LogP contribution in [0.5, 0.6) is 5.75 Å². The Morgan fingerprint density at radius 1 is 1.35 bits per heavy atom. The molecule has 0 spiro atoms. The van der Waals surface area contributed by atoms with Crippen LogP contribution >= 0.6 is 0 Å². The van der Waals surface area contributed by atoms with E-state index in [0.29, 0.717) is 5.75 Å². The number of nitrogens with one attached hydrogen (secondary N) is 1. The first-order valence-corrected chi connectivity index (χ1v) is 5.62. The lowest BCUT2D eigenvalue weighted by Gasteiger charge is -2.17. The lowest BCUT2D eigenvalue weighted by Crippen LogP contribution is -2.11. The number of phenolic OH excluding ortho intramolecular Hbond substituents is 1. The molecule has 1 aromatic carbocycles. The number of phenols is 1. The van der Waals surface area contributed by atoms with E-state index in [1.54, 1.807) is 18.3 Å². The minimum absolute atomic E-state index is 0.172. The summed E-state index contributed by atoms with van der Waals surface area (Å²) in [6.45, 7) is 4.06. The van der Waals surface area contributed by atoms with Gasteiger partial charge in [0.15, 0.2) is 0 Å². The fourth-order valence-electron chi connectivity index (χ4n) is 1.93. The van der Waals surface area contributed by atoms with Crippen LogP contribution in [0.4, 0.5) is 5.69 Å². The van der Waals surface area contributed by atoms with E-state index in [2.05, 4.69) is 17.3 Å². The molecule has 0 saturated heterocycles. The van der Waals surface area contributed by atoms with Crippen molar-refractivity contribution >= 4 is 5.69 Å². The Balaban J connectivity index is 2.19. The van der Waals surface area contributed by atoms with Gasteiger partial charge in [-0.2, -0.15) is 5.10 Å². The van der Waals surface area contributed by atoms with E-state index in [4.69, 9.17) is 0 Å². The Morgan fingerprint density at radius 2 is 2.12 bits per heavy atom. The molecule has 0 bridgehead atoms. The summed E-state index contributed by atoms with van der Waals surface area (Å²) in [6.07, 6.45) is 1.79. The van der Waals surface area contributed by atoms with Crippen molar-refractivity contribution in [1.29, 1.82) is 0 Å². The third-order valence-corrected chi connectivity index (χ3v) is 2.88. The zero-order chi connectivity index (χ0) is 12.4. The number of nitrogens with zero attached hydrogens (tertiary/aromatic N) is 2. The summed E-state index contributed by atoms with van der Waals surface area (Å²) in [7, 11) is 1.93. The van der Waals surface area contributed by atoms with Crippen molar-refractivity contribution in [1.82, 2.24) is 9.78 Å². The lowest BCUT2D eigenvalue weighted by molar-refractivity contribution is 0.475. The normalized spacial score (nSPS) is 12.4. The molecule has 0 saturated carbocycles. The predicted octanol–water partition coefficient (Wildman–Crippen LogP) is 2.61. The average Bonchev–Trinajstić information content (AvgIpc) is 2.68. The van der Waals surface area contributed by atoms with Gasteiger partial charge in [0.25, 0.3) is 0 Å². The third-order valence-electron chi connectivity index (χ3n) is 2.88. The molecule has 0 fully saturated rings. The summed E-state index contributed by atoms with van der Waals surface area (Å²) < 4.78 is 1.85. The summed E-state index contributed by atoms with van der Waals surface area (Å²) in [4.78, 5) is 0. The number of anilines is 1. The monoisotopic (exact) mass is 231 g/mol. The second-order valence-corrected chi connectivity index (χ2v) is 4.24. The standard InChI is InChI=1S/C13H17N3O/c1-9-8-11(17)4-5-12(9)15-10(2)13-6-7-14-16(13)3/h4-8,10,15,17H,1-3H3. The van der Waals surface area contributed by atoms with E-state index in [1.807, 2.05) is 30.8 Å². The Labute approximate surface area is 101 Å². The Morgan fingerprint density at radius 3 is 2.71 bits per heavy atom. The summed E-state index contributed by atoms with van der Waals surface area (Å²) in [5, 5.41) is 16.9. The van der Waals surface area contributed by atoms with Crippen LogP contribution in [0.15, 0.2) is 30.5 Å². The minimum Gasteiger partial charge on any atom is -0.508 e. The number of aromatic nitrogens is 2. The molecule has 0 radical (unpaired) electrons. The second-order valence-electron chi connectivity index (χ2n) is 4.24. The van der Waals surface area contributed by atoms with Crippen LogP contribution in [0.2, 0.25) is 0 Å². The van der Waals surface area contributed by atoms with Gasteiger partial charge >= 0.3 is 0 Å². The van der Waals surface area contributed by atoms with Gasteiger partial charge < -0.3 is 10.4 Å². The second kappa shape index (κ2) is 4.49. The maximum absolute atomic E-state index is 9.36. The third kappa shape index (κ3) is 2.41. The molecule has 17 heavy (non-hydrogen) atoms. The van der Waals surface area contributed by atoms with E-state index < -0.39 is 0 Å². The quantitative estimate of drug-likeness (QED) is 0.798. The van der Waals surface area contributed by atoms with Gasteiger partial charge in [0.1, 0.15) is 5.75 Å². The number of benzene rings is 1. The number of hydrogen-bond donors (Lipinski definition) is 2. The van der Waals surface area contributed by atoms with Gasteiger partial charge in [0.05, 0.1) is 11.7 Å². The minimum atomic E-state index is 0.172. The molecule has 2 rings (SSSR count). The van der Waals surface area contributed by atoms with Crippen LogP contribution in [0.25, 0.3) is 0 Å². The number of rotatable bonds is 3. The molecule has 0 amide bonds. The highest BCUT2D eigenvalue weighted by atomic mass is 16.3. The zero-order valence-electron chi connectivity index (χ0n) is 10.3. The van der Waals surface area contributed by atoms with Crippen LogP contribution in [0.1, 0.15) is 24.2 Å². The smallest absolute Gasteiger partial charge is 0.115 e. The molecule has 2 aromatic rings. The average molecular weight is 231 g/mol. The molecule has 1 heterocycles. The fraction of sp³-hybridized carbons (Fsp3) is 0.308. The lowest BCUT2D eigenvalue weighted by atomic mass is 10.1. The summed E-state index contributed by atoms with van der Waals surface area (Å²) >= 11 is 0. The SMILES string of the molecule is Cc1cc(O)ccc1NC(C)c1ccnn1C. The van der Waals surface area contributed by atoms with Gasteiger partial charge in [-0.1, -0.05) is 0 Å². The Bertz CT molecular complexity index is 519. The van der Waals surface area contributed by atoms with Crippen LogP contribution in [-0.2, 0) is 7.05 Å². The molecule has 0 aliphatic heterocycles. The first-order chi connectivity index (χ1) is 8.08.